The molecule has 1 amide bonds. The number of carbonyl (C=O) groups excluding carboxylic acids is 1. The summed E-state index contributed by atoms with van der Waals surface area (Å²) in [7, 11) is 0. The molecule has 0 spiro atoms. The van der Waals surface area contributed by atoms with E-state index in [0.717, 1.165) is 13.0 Å². The van der Waals surface area contributed by atoms with Gasteiger partial charge in [-0.05, 0) is 13.3 Å². The summed E-state index contributed by atoms with van der Waals surface area (Å²) in [5.74, 6) is 0.116. The molecule has 1 aliphatic rings. The molecule has 1 aromatic rings. The van der Waals surface area contributed by atoms with Gasteiger partial charge in [0.1, 0.15) is 10.8 Å². The van der Waals surface area contributed by atoms with E-state index in [1.165, 1.54) is 12.4 Å². The first-order valence-corrected chi connectivity index (χ1v) is 5.92. The zero-order valence-electron chi connectivity index (χ0n) is 9.52. The lowest BCUT2D eigenvalue weighted by Gasteiger charge is -2.14. The number of rotatable bonds is 3. The standard InChI is InChI=1S/C11H14ClN3O2/c1-7-8(2-3-17-7)4-14-11(16)9-5-13-6-10(12)15-9/h5-8H,2-4H2,1H3,(H,14,16). The zero-order chi connectivity index (χ0) is 12.3. The Morgan fingerprint density at radius 1 is 1.65 bits per heavy atom. The summed E-state index contributed by atoms with van der Waals surface area (Å²) in [5, 5.41) is 3.04. The van der Waals surface area contributed by atoms with Gasteiger partial charge < -0.3 is 10.1 Å². The Kier molecular flexibility index (Phi) is 3.91. The Bertz CT molecular complexity index is 413. The van der Waals surface area contributed by atoms with Crippen LogP contribution in [0.15, 0.2) is 12.4 Å². The van der Waals surface area contributed by atoms with Crippen molar-refractivity contribution in [3.05, 3.63) is 23.2 Å². The van der Waals surface area contributed by atoms with Crippen LogP contribution in [0.4, 0.5) is 0 Å². The van der Waals surface area contributed by atoms with Crippen molar-refractivity contribution in [3.8, 4) is 0 Å². The number of nitrogens with one attached hydrogen (secondary N) is 1. The topological polar surface area (TPSA) is 64.1 Å². The highest BCUT2D eigenvalue weighted by molar-refractivity contribution is 6.29. The molecule has 1 aliphatic heterocycles. The Labute approximate surface area is 105 Å². The number of ether oxygens (including phenoxy) is 1. The predicted octanol–water partition coefficient (Wildman–Crippen LogP) is 1.28. The predicted molar refractivity (Wildman–Crippen MR) is 62.9 cm³/mol. The average molecular weight is 256 g/mol. The third kappa shape index (κ3) is 3.14. The van der Waals surface area contributed by atoms with Crippen LogP contribution >= 0.6 is 11.6 Å². The Hall–Kier alpha value is -1.20. The highest BCUT2D eigenvalue weighted by atomic mass is 35.5. The van der Waals surface area contributed by atoms with E-state index in [1.807, 2.05) is 6.92 Å². The van der Waals surface area contributed by atoms with Gasteiger partial charge in [-0.25, -0.2) is 4.98 Å². The van der Waals surface area contributed by atoms with E-state index in [4.69, 9.17) is 16.3 Å². The molecule has 1 aromatic heterocycles. The molecule has 0 aliphatic carbocycles. The van der Waals surface area contributed by atoms with Gasteiger partial charge >= 0.3 is 0 Å². The summed E-state index contributed by atoms with van der Waals surface area (Å²) < 4.78 is 5.42. The third-order valence-electron chi connectivity index (χ3n) is 2.90. The largest absolute Gasteiger partial charge is 0.378 e. The fourth-order valence-electron chi connectivity index (χ4n) is 1.81. The fourth-order valence-corrected chi connectivity index (χ4v) is 1.96. The van der Waals surface area contributed by atoms with E-state index < -0.39 is 0 Å². The molecule has 1 fully saturated rings. The molecule has 2 atom stereocenters. The molecule has 0 saturated carbocycles. The second-order valence-electron chi connectivity index (χ2n) is 4.06. The lowest BCUT2D eigenvalue weighted by molar-refractivity contribution is 0.0903. The van der Waals surface area contributed by atoms with Gasteiger partial charge in [-0.3, -0.25) is 9.78 Å². The van der Waals surface area contributed by atoms with Gasteiger partial charge in [-0.1, -0.05) is 11.6 Å². The minimum Gasteiger partial charge on any atom is -0.378 e. The Balaban J connectivity index is 1.89. The second kappa shape index (κ2) is 5.42. The monoisotopic (exact) mass is 255 g/mol. The molecule has 0 bridgehead atoms. The van der Waals surface area contributed by atoms with Crippen molar-refractivity contribution < 1.29 is 9.53 Å². The van der Waals surface area contributed by atoms with Crippen molar-refractivity contribution in [2.75, 3.05) is 13.2 Å². The highest BCUT2D eigenvalue weighted by Crippen LogP contribution is 2.19. The lowest BCUT2D eigenvalue weighted by Crippen LogP contribution is -2.32. The van der Waals surface area contributed by atoms with Crippen LogP contribution in [0, 0.1) is 5.92 Å². The molecule has 0 aromatic carbocycles. The van der Waals surface area contributed by atoms with E-state index in [2.05, 4.69) is 15.3 Å². The molecule has 92 valence electrons. The van der Waals surface area contributed by atoms with Crippen molar-refractivity contribution in [1.82, 2.24) is 15.3 Å². The summed E-state index contributed by atoms with van der Waals surface area (Å²) in [6.45, 7) is 3.37. The maximum Gasteiger partial charge on any atom is 0.271 e. The van der Waals surface area contributed by atoms with Crippen LogP contribution < -0.4 is 5.32 Å². The first kappa shape index (κ1) is 12.3. The van der Waals surface area contributed by atoms with Crippen LogP contribution in [0.25, 0.3) is 0 Å². The normalized spacial score (nSPS) is 23.6. The fraction of sp³-hybridized carbons (Fsp3) is 0.545. The molecule has 1 saturated heterocycles. The van der Waals surface area contributed by atoms with Crippen molar-refractivity contribution >= 4 is 17.5 Å². The maximum atomic E-state index is 11.7. The van der Waals surface area contributed by atoms with Gasteiger partial charge in [0.05, 0.1) is 18.5 Å². The molecule has 2 unspecified atom stereocenters. The summed E-state index contributed by atoms with van der Waals surface area (Å²) >= 11 is 5.67. The molecule has 6 heteroatoms. The first-order chi connectivity index (χ1) is 8.16. The number of carbonyl (C=O) groups is 1. The van der Waals surface area contributed by atoms with Crippen molar-refractivity contribution in [3.63, 3.8) is 0 Å². The quantitative estimate of drug-likeness (QED) is 0.884. The first-order valence-electron chi connectivity index (χ1n) is 5.54. The molecule has 1 N–H and O–H groups in total. The SMILES string of the molecule is CC1OCCC1CNC(=O)c1cncc(Cl)n1. The number of amides is 1. The summed E-state index contributed by atoms with van der Waals surface area (Å²) in [4.78, 5) is 19.5. The Morgan fingerprint density at radius 3 is 3.12 bits per heavy atom. The van der Waals surface area contributed by atoms with E-state index in [1.54, 1.807) is 0 Å². The summed E-state index contributed by atoms with van der Waals surface area (Å²) in [5.41, 5.74) is 0.240. The van der Waals surface area contributed by atoms with E-state index >= 15 is 0 Å². The third-order valence-corrected chi connectivity index (χ3v) is 3.08. The molecule has 17 heavy (non-hydrogen) atoms. The van der Waals surface area contributed by atoms with Crippen LogP contribution in [-0.4, -0.2) is 35.1 Å². The van der Waals surface area contributed by atoms with Gasteiger partial charge in [0.15, 0.2) is 0 Å². The molecule has 5 nitrogen and oxygen atoms in total. The Morgan fingerprint density at radius 2 is 2.47 bits per heavy atom. The molecular weight excluding hydrogens is 242 g/mol. The average Bonchev–Trinajstić information content (AvgIpc) is 2.72. The number of halogens is 1. The van der Waals surface area contributed by atoms with Crippen molar-refractivity contribution in [2.45, 2.75) is 19.4 Å². The van der Waals surface area contributed by atoms with E-state index in [0.29, 0.717) is 12.5 Å². The van der Waals surface area contributed by atoms with Crippen LogP contribution in [0.1, 0.15) is 23.8 Å². The smallest absolute Gasteiger partial charge is 0.271 e. The summed E-state index contributed by atoms with van der Waals surface area (Å²) in [6, 6.07) is 0. The van der Waals surface area contributed by atoms with Gasteiger partial charge in [0.25, 0.3) is 5.91 Å². The van der Waals surface area contributed by atoms with Gasteiger partial charge in [0.2, 0.25) is 0 Å². The van der Waals surface area contributed by atoms with Crippen LogP contribution in [0.2, 0.25) is 5.15 Å². The van der Waals surface area contributed by atoms with Crippen molar-refractivity contribution in [1.29, 1.82) is 0 Å². The van der Waals surface area contributed by atoms with E-state index in [-0.39, 0.29) is 22.9 Å². The van der Waals surface area contributed by atoms with Gasteiger partial charge in [-0.2, -0.15) is 0 Å². The molecule has 2 heterocycles. The number of hydrogen-bond donors (Lipinski definition) is 1. The molecule has 0 radical (unpaired) electrons. The van der Waals surface area contributed by atoms with Gasteiger partial charge in [0, 0.05) is 19.1 Å². The number of hydrogen-bond acceptors (Lipinski definition) is 4. The molecule has 2 rings (SSSR count). The van der Waals surface area contributed by atoms with Crippen LogP contribution in [0.5, 0.6) is 0 Å². The van der Waals surface area contributed by atoms with Gasteiger partial charge in [-0.15, -0.1) is 0 Å². The number of aromatic nitrogens is 2. The van der Waals surface area contributed by atoms with Crippen LogP contribution in [0.3, 0.4) is 0 Å². The molecular formula is C11H14ClN3O2. The summed E-state index contributed by atoms with van der Waals surface area (Å²) in [6.07, 6.45) is 3.96. The second-order valence-corrected chi connectivity index (χ2v) is 4.45. The van der Waals surface area contributed by atoms with Crippen molar-refractivity contribution in [2.24, 2.45) is 5.92 Å². The van der Waals surface area contributed by atoms with Crippen LogP contribution in [-0.2, 0) is 4.74 Å². The van der Waals surface area contributed by atoms with E-state index in [9.17, 15) is 4.79 Å². The highest BCUT2D eigenvalue weighted by Gasteiger charge is 2.24. The lowest BCUT2D eigenvalue weighted by atomic mass is 10.0. The maximum absolute atomic E-state index is 11.7. The minimum atomic E-state index is -0.251. The minimum absolute atomic E-state index is 0.195. The zero-order valence-corrected chi connectivity index (χ0v) is 10.3. The number of nitrogens with zero attached hydrogens (tertiary/aromatic N) is 2.